The highest BCUT2D eigenvalue weighted by Gasteiger charge is 2.35. The van der Waals surface area contributed by atoms with Crippen LogP contribution >= 0.6 is 0 Å². The van der Waals surface area contributed by atoms with Crippen LogP contribution in [0, 0.1) is 12.8 Å². The maximum atomic E-state index is 4.41. The summed E-state index contributed by atoms with van der Waals surface area (Å²) in [6, 6.07) is 1.36. The Bertz CT molecular complexity index is 421. The fraction of sp³-hybridized carbons (Fsp3) is 0.786. The van der Waals surface area contributed by atoms with Crippen molar-refractivity contribution in [3.05, 3.63) is 17.5 Å². The molecule has 0 aromatic carbocycles. The van der Waals surface area contributed by atoms with Crippen molar-refractivity contribution in [1.82, 2.24) is 20.0 Å². The topological polar surface area (TPSA) is 33.1 Å². The molecule has 1 aliphatic heterocycles. The van der Waals surface area contributed by atoms with Gasteiger partial charge < -0.3 is 5.32 Å². The predicted molar refractivity (Wildman–Crippen MR) is 72.4 cm³/mol. The van der Waals surface area contributed by atoms with E-state index in [1.807, 2.05) is 11.7 Å². The molecule has 2 heterocycles. The second-order valence-corrected chi connectivity index (χ2v) is 5.97. The molecule has 2 atom stereocenters. The normalized spacial score (nSPS) is 29.1. The summed E-state index contributed by atoms with van der Waals surface area (Å²) in [4.78, 5) is 2.49. The molecule has 18 heavy (non-hydrogen) atoms. The maximum Gasteiger partial charge on any atom is 0.0540 e. The first-order valence-electron chi connectivity index (χ1n) is 7.09. The van der Waals surface area contributed by atoms with Crippen LogP contribution in [0.5, 0.6) is 0 Å². The van der Waals surface area contributed by atoms with Gasteiger partial charge in [-0.15, -0.1) is 0 Å². The highest BCUT2D eigenvalue weighted by atomic mass is 15.3. The SMILES string of the molecule is Cc1c(C2C(CNC3CC3)CCN2C)cnn1C. The number of likely N-dealkylation sites (tertiary alicyclic amines) is 1. The van der Waals surface area contributed by atoms with Crippen LogP contribution in [0.25, 0.3) is 0 Å². The molecular weight excluding hydrogens is 224 g/mol. The molecule has 1 N–H and O–H groups in total. The molecule has 0 bridgehead atoms. The standard InChI is InChI=1S/C14H24N4/c1-10-13(9-16-18(10)3)14-11(6-7-17(14)2)8-15-12-4-5-12/h9,11-12,14-15H,4-8H2,1-3H3. The highest BCUT2D eigenvalue weighted by Crippen LogP contribution is 2.37. The second kappa shape index (κ2) is 4.67. The zero-order valence-electron chi connectivity index (χ0n) is 11.7. The molecule has 2 unspecified atom stereocenters. The van der Waals surface area contributed by atoms with Gasteiger partial charge in [0.1, 0.15) is 0 Å². The minimum atomic E-state index is 0.546. The minimum absolute atomic E-state index is 0.546. The van der Waals surface area contributed by atoms with E-state index in [1.165, 1.54) is 37.1 Å². The molecule has 4 heteroatoms. The molecule has 1 aromatic rings. The van der Waals surface area contributed by atoms with Gasteiger partial charge >= 0.3 is 0 Å². The van der Waals surface area contributed by atoms with Crippen LogP contribution in [0.4, 0.5) is 0 Å². The number of hydrogen-bond acceptors (Lipinski definition) is 3. The molecule has 1 aliphatic carbocycles. The fourth-order valence-corrected chi connectivity index (χ4v) is 3.14. The lowest BCUT2D eigenvalue weighted by molar-refractivity contribution is 0.270. The largest absolute Gasteiger partial charge is 0.314 e. The van der Waals surface area contributed by atoms with Gasteiger partial charge in [0, 0.05) is 36.9 Å². The van der Waals surface area contributed by atoms with Crippen LogP contribution in [0.3, 0.4) is 0 Å². The Morgan fingerprint density at radius 1 is 1.33 bits per heavy atom. The molecule has 4 nitrogen and oxygen atoms in total. The van der Waals surface area contributed by atoms with Crippen molar-refractivity contribution >= 4 is 0 Å². The number of rotatable bonds is 4. The molecule has 3 rings (SSSR count). The summed E-state index contributed by atoms with van der Waals surface area (Å²) in [5, 5.41) is 8.10. The van der Waals surface area contributed by atoms with Gasteiger partial charge in [-0.25, -0.2) is 0 Å². The molecule has 0 amide bonds. The van der Waals surface area contributed by atoms with Crippen LogP contribution < -0.4 is 5.32 Å². The zero-order chi connectivity index (χ0) is 12.7. The Morgan fingerprint density at radius 3 is 2.72 bits per heavy atom. The van der Waals surface area contributed by atoms with Crippen LogP contribution in [0.15, 0.2) is 6.20 Å². The monoisotopic (exact) mass is 248 g/mol. The van der Waals surface area contributed by atoms with Gasteiger partial charge in [-0.2, -0.15) is 5.10 Å². The fourth-order valence-electron chi connectivity index (χ4n) is 3.14. The summed E-state index contributed by atoms with van der Waals surface area (Å²) in [7, 11) is 4.28. The molecule has 100 valence electrons. The molecular formula is C14H24N4. The van der Waals surface area contributed by atoms with Gasteiger partial charge in [-0.3, -0.25) is 9.58 Å². The average Bonchev–Trinajstić information content (AvgIpc) is 3.05. The lowest BCUT2D eigenvalue weighted by Crippen LogP contribution is -2.29. The molecule has 1 saturated carbocycles. The smallest absolute Gasteiger partial charge is 0.0540 e. The van der Waals surface area contributed by atoms with Crippen LogP contribution in [-0.2, 0) is 7.05 Å². The van der Waals surface area contributed by atoms with Crippen LogP contribution in [0.1, 0.15) is 36.6 Å². The van der Waals surface area contributed by atoms with E-state index in [2.05, 4.69) is 35.5 Å². The first-order valence-corrected chi connectivity index (χ1v) is 7.09. The van der Waals surface area contributed by atoms with Gasteiger partial charge in [-0.05, 0) is 45.7 Å². The van der Waals surface area contributed by atoms with E-state index in [-0.39, 0.29) is 0 Å². The Hall–Kier alpha value is -0.870. The summed E-state index contributed by atoms with van der Waals surface area (Å²) in [5.74, 6) is 0.735. The average molecular weight is 248 g/mol. The van der Waals surface area contributed by atoms with E-state index in [9.17, 15) is 0 Å². The van der Waals surface area contributed by atoms with E-state index in [0.29, 0.717) is 6.04 Å². The van der Waals surface area contributed by atoms with E-state index >= 15 is 0 Å². The van der Waals surface area contributed by atoms with E-state index in [0.717, 1.165) is 18.5 Å². The van der Waals surface area contributed by atoms with Gasteiger partial charge in [0.25, 0.3) is 0 Å². The van der Waals surface area contributed by atoms with Crippen molar-refractivity contribution in [3.63, 3.8) is 0 Å². The van der Waals surface area contributed by atoms with Crippen molar-refractivity contribution in [2.24, 2.45) is 13.0 Å². The summed E-state index contributed by atoms with van der Waals surface area (Å²) >= 11 is 0. The Morgan fingerprint density at radius 2 is 2.11 bits per heavy atom. The van der Waals surface area contributed by atoms with Crippen molar-refractivity contribution in [2.45, 2.75) is 38.3 Å². The quantitative estimate of drug-likeness (QED) is 0.876. The second-order valence-electron chi connectivity index (χ2n) is 5.97. The van der Waals surface area contributed by atoms with Crippen molar-refractivity contribution in [3.8, 4) is 0 Å². The highest BCUT2D eigenvalue weighted by molar-refractivity contribution is 5.23. The van der Waals surface area contributed by atoms with Gasteiger partial charge in [0.05, 0.1) is 6.20 Å². The third-order valence-corrected chi connectivity index (χ3v) is 4.61. The number of aryl methyl sites for hydroxylation is 1. The molecule has 1 saturated heterocycles. The van der Waals surface area contributed by atoms with Crippen molar-refractivity contribution in [2.75, 3.05) is 20.1 Å². The van der Waals surface area contributed by atoms with Crippen LogP contribution in [0.2, 0.25) is 0 Å². The summed E-state index contributed by atoms with van der Waals surface area (Å²) in [5.41, 5.74) is 2.73. The lowest BCUT2D eigenvalue weighted by atomic mass is 9.94. The summed E-state index contributed by atoms with van der Waals surface area (Å²) in [6.07, 6.45) is 6.11. The first kappa shape index (κ1) is 12.2. The van der Waals surface area contributed by atoms with Gasteiger partial charge in [0.15, 0.2) is 0 Å². The Labute approximate surface area is 109 Å². The first-order chi connectivity index (χ1) is 8.66. The molecule has 0 radical (unpaired) electrons. The number of nitrogens with zero attached hydrogens (tertiary/aromatic N) is 3. The maximum absolute atomic E-state index is 4.41. The molecule has 2 aliphatic rings. The summed E-state index contributed by atoms with van der Waals surface area (Å²) in [6.45, 7) is 4.55. The Kier molecular flexibility index (Phi) is 3.16. The third-order valence-electron chi connectivity index (χ3n) is 4.61. The summed E-state index contributed by atoms with van der Waals surface area (Å²) < 4.78 is 1.99. The number of nitrogens with one attached hydrogen (secondary N) is 1. The minimum Gasteiger partial charge on any atom is -0.314 e. The zero-order valence-corrected chi connectivity index (χ0v) is 11.7. The van der Waals surface area contributed by atoms with Crippen molar-refractivity contribution in [1.29, 1.82) is 0 Å². The predicted octanol–water partition coefficient (Wildman–Crippen LogP) is 1.47. The van der Waals surface area contributed by atoms with Gasteiger partial charge in [-0.1, -0.05) is 0 Å². The van der Waals surface area contributed by atoms with E-state index in [1.54, 1.807) is 0 Å². The van der Waals surface area contributed by atoms with E-state index in [4.69, 9.17) is 0 Å². The Balaban J connectivity index is 1.75. The molecule has 2 fully saturated rings. The molecule has 0 spiro atoms. The lowest BCUT2D eigenvalue weighted by Gasteiger charge is -2.25. The molecule has 1 aromatic heterocycles. The number of hydrogen-bond donors (Lipinski definition) is 1. The van der Waals surface area contributed by atoms with Crippen LogP contribution in [-0.4, -0.2) is 40.9 Å². The third kappa shape index (κ3) is 2.19. The van der Waals surface area contributed by atoms with E-state index < -0.39 is 0 Å². The van der Waals surface area contributed by atoms with Crippen molar-refractivity contribution < 1.29 is 0 Å². The van der Waals surface area contributed by atoms with Gasteiger partial charge in [0.2, 0.25) is 0 Å². The number of aromatic nitrogens is 2.